The average Bonchev–Trinajstić information content (AvgIpc) is 3.60. The van der Waals surface area contributed by atoms with E-state index in [1.165, 1.54) is 18.5 Å². The number of anilines is 1. The van der Waals surface area contributed by atoms with Crippen LogP contribution < -0.4 is 5.32 Å². The molecule has 1 aromatic carbocycles. The molecule has 178 valence electrons. The molecule has 0 spiro atoms. The highest BCUT2D eigenvalue weighted by atomic mass is 16.2. The van der Waals surface area contributed by atoms with Crippen LogP contribution in [0.15, 0.2) is 29.8 Å². The Morgan fingerprint density at radius 3 is 2.32 bits per heavy atom. The maximum atomic E-state index is 13.1. The fraction of sp³-hybridized carbons (Fsp3) is 0.444. The second-order valence-electron chi connectivity index (χ2n) is 9.48. The number of aromatic nitrogens is 1. The van der Waals surface area contributed by atoms with Crippen LogP contribution in [-0.2, 0) is 9.59 Å². The van der Waals surface area contributed by atoms with Crippen LogP contribution in [0.1, 0.15) is 47.0 Å². The number of rotatable bonds is 6. The van der Waals surface area contributed by atoms with Gasteiger partial charge in [0.25, 0.3) is 5.91 Å². The van der Waals surface area contributed by atoms with Crippen LogP contribution in [0.25, 0.3) is 6.08 Å². The molecule has 0 bridgehead atoms. The van der Waals surface area contributed by atoms with E-state index in [1.807, 2.05) is 36.9 Å². The first-order valence-corrected chi connectivity index (χ1v) is 12.0. The second-order valence-corrected chi connectivity index (χ2v) is 9.48. The van der Waals surface area contributed by atoms with Crippen LogP contribution in [0.3, 0.4) is 0 Å². The number of carbonyl (C=O) groups is 2. The quantitative estimate of drug-likeness (QED) is 0.527. The van der Waals surface area contributed by atoms with Crippen molar-refractivity contribution >= 4 is 23.6 Å². The minimum absolute atomic E-state index is 0.0548. The summed E-state index contributed by atoms with van der Waals surface area (Å²) in [6.45, 7) is 10.6. The monoisotopic (exact) mass is 459 g/mol. The van der Waals surface area contributed by atoms with Crippen molar-refractivity contribution in [3.8, 4) is 6.07 Å². The highest BCUT2D eigenvalue weighted by Crippen LogP contribution is 2.38. The zero-order valence-corrected chi connectivity index (χ0v) is 20.5. The van der Waals surface area contributed by atoms with Gasteiger partial charge >= 0.3 is 0 Å². The third kappa shape index (κ3) is 5.07. The van der Waals surface area contributed by atoms with E-state index in [2.05, 4.69) is 35.9 Å². The van der Waals surface area contributed by atoms with Gasteiger partial charge in [0, 0.05) is 49.3 Å². The minimum Gasteiger partial charge on any atom is -0.346 e. The molecule has 2 aliphatic rings. The number of nitrogens with one attached hydrogen (secondary N) is 1. The van der Waals surface area contributed by atoms with Gasteiger partial charge in [0.15, 0.2) is 0 Å². The van der Waals surface area contributed by atoms with Crippen LogP contribution in [0.5, 0.6) is 0 Å². The van der Waals surface area contributed by atoms with Gasteiger partial charge in [-0.3, -0.25) is 14.5 Å². The first-order chi connectivity index (χ1) is 16.3. The molecule has 0 atom stereocenters. The predicted octanol–water partition coefficient (Wildman–Crippen LogP) is 3.75. The molecule has 34 heavy (non-hydrogen) atoms. The minimum atomic E-state index is -0.238. The van der Waals surface area contributed by atoms with Gasteiger partial charge in [-0.2, -0.15) is 5.26 Å². The number of hydrogen-bond acceptors (Lipinski definition) is 4. The molecule has 1 N–H and O–H groups in total. The first-order valence-electron chi connectivity index (χ1n) is 12.0. The molecule has 2 aromatic rings. The molecule has 7 nitrogen and oxygen atoms in total. The Morgan fingerprint density at radius 1 is 1.09 bits per heavy atom. The van der Waals surface area contributed by atoms with E-state index < -0.39 is 0 Å². The number of aryl methyl sites for hydroxylation is 3. The first kappa shape index (κ1) is 23.8. The van der Waals surface area contributed by atoms with Gasteiger partial charge in [-0.25, -0.2) is 0 Å². The lowest BCUT2D eigenvalue weighted by molar-refractivity contribution is -0.128. The third-order valence-corrected chi connectivity index (χ3v) is 6.86. The Morgan fingerprint density at radius 2 is 1.74 bits per heavy atom. The Balaban J connectivity index is 1.35. The van der Waals surface area contributed by atoms with E-state index in [0.717, 1.165) is 28.1 Å². The summed E-state index contributed by atoms with van der Waals surface area (Å²) in [5.41, 5.74) is 6.33. The SMILES string of the molecule is Cc1cccc(C)c1NC(=O)CN1CCN(C(=O)C(C#N)=Cc2cc(C)n(C3CC3)c2C)CC1. The number of benzene rings is 1. The summed E-state index contributed by atoms with van der Waals surface area (Å²) in [5.74, 6) is -0.292. The van der Waals surface area contributed by atoms with Gasteiger partial charge in [0.05, 0.1) is 6.54 Å². The number of para-hydroxylation sites is 1. The van der Waals surface area contributed by atoms with Crippen molar-refractivity contribution in [3.05, 3.63) is 57.9 Å². The van der Waals surface area contributed by atoms with E-state index in [9.17, 15) is 14.9 Å². The summed E-state index contributed by atoms with van der Waals surface area (Å²) < 4.78 is 2.31. The molecule has 2 fully saturated rings. The predicted molar refractivity (Wildman–Crippen MR) is 133 cm³/mol. The average molecular weight is 460 g/mol. The highest BCUT2D eigenvalue weighted by molar-refractivity contribution is 6.02. The van der Waals surface area contributed by atoms with Crippen molar-refractivity contribution in [2.75, 3.05) is 38.0 Å². The maximum absolute atomic E-state index is 13.1. The van der Waals surface area contributed by atoms with Gasteiger partial charge in [-0.05, 0) is 69.4 Å². The van der Waals surface area contributed by atoms with E-state index in [1.54, 1.807) is 11.0 Å². The van der Waals surface area contributed by atoms with Crippen molar-refractivity contribution in [1.82, 2.24) is 14.4 Å². The van der Waals surface area contributed by atoms with Gasteiger partial charge in [0.1, 0.15) is 11.6 Å². The van der Waals surface area contributed by atoms with Crippen LogP contribution in [0, 0.1) is 39.0 Å². The lowest BCUT2D eigenvalue weighted by Gasteiger charge is -2.34. The molecule has 7 heteroatoms. The zero-order chi connectivity index (χ0) is 24.4. The fourth-order valence-corrected chi connectivity index (χ4v) is 4.81. The molecule has 0 unspecified atom stereocenters. The van der Waals surface area contributed by atoms with Crippen molar-refractivity contribution in [3.63, 3.8) is 0 Å². The highest BCUT2D eigenvalue weighted by Gasteiger charge is 2.28. The fourth-order valence-electron chi connectivity index (χ4n) is 4.81. The standard InChI is InChI=1S/C27H33N5O2/c1-18-6-5-7-19(2)26(18)29-25(33)17-30-10-12-31(13-11-30)27(34)23(16-28)15-22-14-20(3)32(21(22)4)24-8-9-24/h5-7,14-15,24H,8-13,17H2,1-4H3,(H,29,33). The Hall–Kier alpha value is -3.37. The molecule has 0 radical (unpaired) electrons. The van der Waals surface area contributed by atoms with Gasteiger partial charge < -0.3 is 14.8 Å². The van der Waals surface area contributed by atoms with Gasteiger partial charge in [-0.1, -0.05) is 18.2 Å². The topological polar surface area (TPSA) is 81.4 Å². The van der Waals surface area contributed by atoms with Crippen molar-refractivity contribution < 1.29 is 9.59 Å². The second kappa shape index (κ2) is 9.86. The number of nitrogens with zero attached hydrogens (tertiary/aromatic N) is 4. The van der Waals surface area contributed by atoms with Crippen LogP contribution in [0.4, 0.5) is 5.69 Å². The van der Waals surface area contributed by atoms with Crippen molar-refractivity contribution in [2.24, 2.45) is 0 Å². The van der Waals surface area contributed by atoms with Crippen LogP contribution in [-0.4, -0.2) is 58.9 Å². The molecule has 2 amide bonds. The van der Waals surface area contributed by atoms with Crippen LogP contribution >= 0.6 is 0 Å². The normalized spacial score (nSPS) is 16.9. The summed E-state index contributed by atoms with van der Waals surface area (Å²) >= 11 is 0. The number of carbonyl (C=O) groups excluding carboxylic acids is 2. The molecule has 1 aromatic heterocycles. The molecule has 4 rings (SSSR count). The zero-order valence-electron chi connectivity index (χ0n) is 20.5. The smallest absolute Gasteiger partial charge is 0.264 e. The number of amides is 2. The van der Waals surface area contributed by atoms with E-state index in [-0.39, 0.29) is 23.9 Å². The summed E-state index contributed by atoms with van der Waals surface area (Å²) in [5, 5.41) is 12.7. The molecular weight excluding hydrogens is 426 g/mol. The third-order valence-electron chi connectivity index (χ3n) is 6.86. The maximum Gasteiger partial charge on any atom is 0.264 e. The molecule has 1 aliphatic carbocycles. The molecule has 1 saturated carbocycles. The van der Waals surface area contributed by atoms with Gasteiger partial charge in [-0.15, -0.1) is 0 Å². The summed E-state index contributed by atoms with van der Waals surface area (Å²) in [6, 6.07) is 10.7. The summed E-state index contributed by atoms with van der Waals surface area (Å²) in [4.78, 5) is 29.4. The Kier molecular flexibility index (Phi) is 6.90. The van der Waals surface area contributed by atoms with E-state index in [4.69, 9.17) is 0 Å². The lowest BCUT2D eigenvalue weighted by Crippen LogP contribution is -2.50. The summed E-state index contributed by atoms with van der Waals surface area (Å²) in [7, 11) is 0. The summed E-state index contributed by atoms with van der Waals surface area (Å²) in [6.07, 6.45) is 4.11. The number of piperazine rings is 1. The molecule has 1 saturated heterocycles. The van der Waals surface area contributed by atoms with E-state index in [0.29, 0.717) is 32.2 Å². The van der Waals surface area contributed by atoms with Gasteiger partial charge in [0.2, 0.25) is 5.91 Å². The lowest BCUT2D eigenvalue weighted by atomic mass is 10.1. The van der Waals surface area contributed by atoms with Crippen molar-refractivity contribution in [2.45, 2.75) is 46.6 Å². The number of hydrogen-bond donors (Lipinski definition) is 1. The molecular formula is C27H33N5O2. The molecule has 1 aliphatic heterocycles. The Labute approximate surface area is 201 Å². The largest absolute Gasteiger partial charge is 0.346 e. The number of nitriles is 1. The van der Waals surface area contributed by atoms with Crippen LogP contribution in [0.2, 0.25) is 0 Å². The Bertz CT molecular complexity index is 1150. The molecule has 2 heterocycles. The van der Waals surface area contributed by atoms with Crippen molar-refractivity contribution in [1.29, 1.82) is 5.26 Å². The van der Waals surface area contributed by atoms with E-state index >= 15 is 0 Å².